The van der Waals surface area contributed by atoms with Crippen LogP contribution >= 0.6 is 11.6 Å². The maximum atomic E-state index is 13.7. The average molecular weight is 619 g/mol. The number of ether oxygens (including phenoxy) is 1. The maximum Gasteiger partial charge on any atom is 0.282 e. The Morgan fingerprint density at radius 2 is 1.93 bits per heavy atom. The first-order chi connectivity index (χ1) is 21.2. The number of amides is 1. The third-order valence-corrected chi connectivity index (χ3v) is 9.29. The van der Waals surface area contributed by atoms with Gasteiger partial charge in [0.25, 0.3) is 5.91 Å². The summed E-state index contributed by atoms with van der Waals surface area (Å²) in [6, 6.07) is 14.2. The van der Waals surface area contributed by atoms with E-state index in [2.05, 4.69) is 59.2 Å². The molecule has 8 nitrogen and oxygen atoms in total. The zero-order valence-electron chi connectivity index (χ0n) is 25.6. The summed E-state index contributed by atoms with van der Waals surface area (Å²) in [6.07, 6.45) is 3.05. The Morgan fingerprint density at radius 1 is 1.16 bits per heavy atom. The Balaban J connectivity index is 1.44. The van der Waals surface area contributed by atoms with E-state index in [1.807, 2.05) is 25.1 Å². The minimum atomic E-state index is -1.01. The van der Waals surface area contributed by atoms with E-state index in [-0.39, 0.29) is 13.0 Å². The van der Waals surface area contributed by atoms with E-state index in [0.29, 0.717) is 49.6 Å². The van der Waals surface area contributed by atoms with Crippen molar-refractivity contribution in [2.45, 2.75) is 44.7 Å². The molecule has 0 saturated carbocycles. The second-order valence-electron chi connectivity index (χ2n) is 11.7. The molecule has 1 unspecified atom stereocenters. The number of fused-ring (bicyclic) bond motifs is 1. The van der Waals surface area contributed by atoms with Gasteiger partial charge in [-0.1, -0.05) is 49.0 Å². The first kappa shape index (κ1) is 31.6. The molecule has 44 heavy (non-hydrogen) atoms. The van der Waals surface area contributed by atoms with Gasteiger partial charge in [0.15, 0.2) is 11.7 Å². The van der Waals surface area contributed by atoms with Crippen LogP contribution < -0.4 is 4.90 Å². The average Bonchev–Trinajstić information content (AvgIpc) is 3.43. The van der Waals surface area contributed by atoms with E-state index in [1.54, 1.807) is 0 Å². The fraction of sp³-hybridized carbons (Fsp3) is 0.441. The van der Waals surface area contributed by atoms with Crippen molar-refractivity contribution in [2.24, 2.45) is 4.99 Å². The number of piperazine rings is 1. The van der Waals surface area contributed by atoms with Gasteiger partial charge < -0.3 is 24.3 Å². The first-order valence-electron chi connectivity index (χ1n) is 15.2. The van der Waals surface area contributed by atoms with E-state index in [4.69, 9.17) is 21.3 Å². The molecular formula is C34H40ClFN6O2. The SMILES string of the molecule is C=C(F)C(=O)N1CCN(C(=C)C2=C(N=C(C)OCC3CCCN3C)CN(c3cccc4cccc(Cl)c34)CC2)C[C@@H]1CC#N. The number of benzene rings is 2. The van der Waals surface area contributed by atoms with Gasteiger partial charge in [0.2, 0.25) is 0 Å². The number of anilines is 1. The fourth-order valence-electron chi connectivity index (χ4n) is 6.53. The van der Waals surface area contributed by atoms with Crippen LogP contribution in [-0.4, -0.2) is 91.5 Å². The topological polar surface area (TPSA) is 75.4 Å². The fourth-order valence-corrected chi connectivity index (χ4v) is 6.81. The lowest BCUT2D eigenvalue weighted by molar-refractivity contribution is -0.133. The number of likely N-dealkylation sites (tertiary alicyclic amines) is 1. The molecule has 2 atom stereocenters. The summed E-state index contributed by atoms with van der Waals surface area (Å²) in [6.45, 7) is 13.6. The highest BCUT2D eigenvalue weighted by molar-refractivity contribution is 6.36. The molecule has 0 spiro atoms. The molecule has 232 valence electrons. The molecule has 2 saturated heterocycles. The number of nitriles is 1. The lowest BCUT2D eigenvalue weighted by Crippen LogP contribution is -2.55. The number of carbonyl (C=O) groups excluding carboxylic acids is 1. The Labute approximate surface area is 264 Å². The van der Waals surface area contributed by atoms with E-state index >= 15 is 0 Å². The third-order valence-electron chi connectivity index (χ3n) is 8.97. The van der Waals surface area contributed by atoms with Crippen LogP contribution in [0.15, 0.2) is 77.3 Å². The van der Waals surface area contributed by atoms with Crippen molar-refractivity contribution in [3.8, 4) is 6.07 Å². The molecule has 3 heterocycles. The largest absolute Gasteiger partial charge is 0.479 e. The molecule has 2 aromatic rings. The van der Waals surface area contributed by atoms with Crippen LogP contribution in [0.25, 0.3) is 10.8 Å². The van der Waals surface area contributed by atoms with Crippen LogP contribution in [0.2, 0.25) is 5.02 Å². The van der Waals surface area contributed by atoms with E-state index in [0.717, 1.165) is 52.9 Å². The predicted molar refractivity (Wildman–Crippen MR) is 174 cm³/mol. The van der Waals surface area contributed by atoms with Gasteiger partial charge in [-0.3, -0.25) is 4.79 Å². The summed E-state index contributed by atoms with van der Waals surface area (Å²) >= 11 is 6.70. The number of allylic oxidation sites excluding steroid dienone is 1. The van der Waals surface area contributed by atoms with Gasteiger partial charge in [-0.05, 0) is 50.4 Å². The molecule has 0 aromatic heterocycles. The highest BCUT2D eigenvalue weighted by Crippen LogP contribution is 2.37. The standard InChI is InChI=1S/C34H40ClFN6O2/c1-23(36)34(43)42-19-18-40(20-27(42)13-15-37)24(2)29-14-17-41(32-12-6-9-26-8-5-11-30(35)33(26)32)21-31(29)38-25(3)44-22-28-10-7-16-39(28)4/h5-6,8-9,11-12,27-28H,1-2,7,10,13-14,16-22H2,3-4H3/t27-,28?/m0/s1. The lowest BCUT2D eigenvalue weighted by atomic mass is 9.98. The van der Waals surface area contributed by atoms with Gasteiger partial charge in [-0.15, -0.1) is 0 Å². The Morgan fingerprint density at radius 3 is 2.64 bits per heavy atom. The molecular weight excluding hydrogens is 579 g/mol. The van der Waals surface area contributed by atoms with Crippen molar-refractivity contribution in [2.75, 3.05) is 57.8 Å². The third kappa shape index (κ3) is 6.77. The molecule has 3 aliphatic rings. The zero-order valence-corrected chi connectivity index (χ0v) is 26.3. The summed E-state index contributed by atoms with van der Waals surface area (Å²) in [5.74, 6) is -1.18. The number of likely N-dealkylation sites (N-methyl/N-ethyl adjacent to an activating group) is 1. The molecule has 3 aliphatic heterocycles. The van der Waals surface area contributed by atoms with Gasteiger partial charge in [-0.25, -0.2) is 9.38 Å². The molecule has 10 heteroatoms. The van der Waals surface area contributed by atoms with Crippen LogP contribution in [0.3, 0.4) is 0 Å². The van der Waals surface area contributed by atoms with E-state index in [1.165, 1.54) is 11.3 Å². The van der Waals surface area contributed by atoms with Crippen molar-refractivity contribution < 1.29 is 13.9 Å². The quantitative estimate of drug-likeness (QED) is 0.208. The highest BCUT2D eigenvalue weighted by atomic mass is 35.5. The predicted octanol–water partition coefficient (Wildman–Crippen LogP) is 5.91. The Bertz CT molecular complexity index is 1540. The van der Waals surface area contributed by atoms with Crippen molar-refractivity contribution in [1.82, 2.24) is 14.7 Å². The Hall–Kier alpha value is -3.87. The minimum Gasteiger partial charge on any atom is -0.479 e. The van der Waals surface area contributed by atoms with Crippen molar-refractivity contribution >= 4 is 39.9 Å². The molecule has 0 aliphatic carbocycles. The maximum absolute atomic E-state index is 13.7. The summed E-state index contributed by atoms with van der Waals surface area (Å²) < 4.78 is 19.9. The van der Waals surface area contributed by atoms with Gasteiger partial charge >= 0.3 is 0 Å². The Kier molecular flexibility index (Phi) is 9.92. The normalized spacial score (nSPS) is 21.5. The second-order valence-corrected chi connectivity index (χ2v) is 12.1. The second kappa shape index (κ2) is 13.8. The summed E-state index contributed by atoms with van der Waals surface area (Å²) in [7, 11) is 2.13. The van der Waals surface area contributed by atoms with E-state index in [9.17, 15) is 14.4 Å². The lowest BCUT2D eigenvalue weighted by Gasteiger charge is -2.43. The van der Waals surface area contributed by atoms with Crippen LogP contribution in [0, 0.1) is 11.3 Å². The number of carbonyl (C=O) groups is 1. The number of hydrogen-bond donors (Lipinski definition) is 0. The van der Waals surface area contributed by atoms with Crippen LogP contribution in [-0.2, 0) is 9.53 Å². The number of rotatable bonds is 8. The number of hydrogen-bond acceptors (Lipinski definition) is 7. The minimum absolute atomic E-state index is 0.0883. The number of aliphatic imine (C=N–C) groups is 1. The molecule has 0 bridgehead atoms. The summed E-state index contributed by atoms with van der Waals surface area (Å²) in [5.41, 5.74) is 3.72. The van der Waals surface area contributed by atoms with Crippen LogP contribution in [0.5, 0.6) is 0 Å². The molecule has 1 amide bonds. The van der Waals surface area contributed by atoms with Crippen molar-refractivity contribution in [3.05, 3.63) is 77.4 Å². The van der Waals surface area contributed by atoms with Crippen LogP contribution in [0.4, 0.5) is 10.1 Å². The zero-order chi connectivity index (χ0) is 31.4. The highest BCUT2D eigenvalue weighted by Gasteiger charge is 2.34. The van der Waals surface area contributed by atoms with Gasteiger partial charge in [0.1, 0.15) is 6.61 Å². The van der Waals surface area contributed by atoms with Crippen molar-refractivity contribution in [1.29, 1.82) is 5.26 Å². The summed E-state index contributed by atoms with van der Waals surface area (Å²) in [5, 5.41) is 12.2. The molecule has 0 N–H and O–H groups in total. The van der Waals surface area contributed by atoms with Gasteiger partial charge in [0.05, 0.1) is 35.8 Å². The van der Waals surface area contributed by atoms with Gasteiger partial charge in [-0.2, -0.15) is 5.26 Å². The first-order valence-corrected chi connectivity index (χ1v) is 15.5. The monoisotopic (exact) mass is 618 g/mol. The number of halogens is 2. The van der Waals surface area contributed by atoms with Crippen LogP contribution in [0.1, 0.15) is 32.6 Å². The van der Waals surface area contributed by atoms with Gasteiger partial charge in [0, 0.05) is 61.5 Å². The molecule has 2 aromatic carbocycles. The smallest absolute Gasteiger partial charge is 0.282 e. The molecule has 5 rings (SSSR count). The number of nitrogens with zero attached hydrogens (tertiary/aromatic N) is 6. The molecule has 0 radical (unpaired) electrons. The molecule has 2 fully saturated rings. The van der Waals surface area contributed by atoms with Crippen molar-refractivity contribution in [3.63, 3.8) is 0 Å². The van der Waals surface area contributed by atoms with E-state index < -0.39 is 17.8 Å². The summed E-state index contributed by atoms with van der Waals surface area (Å²) in [4.78, 5) is 25.6.